The molecule has 2 heterocycles. The molecule has 2 aromatic heterocycles. The molecule has 0 aliphatic rings. The minimum absolute atomic E-state index is 0.00125. The summed E-state index contributed by atoms with van der Waals surface area (Å²) in [7, 11) is 0. The zero-order valence-electron chi connectivity index (χ0n) is 10.8. The molecule has 0 atom stereocenters. The number of rotatable bonds is 1. The summed E-state index contributed by atoms with van der Waals surface area (Å²) in [6, 6.07) is 5.78. The Morgan fingerprint density at radius 3 is 2.67 bits per heavy atom. The molecule has 3 rings (SSSR count). The number of imidazole rings is 1. The van der Waals surface area contributed by atoms with E-state index >= 15 is 0 Å². The van der Waals surface area contributed by atoms with Crippen molar-refractivity contribution in [2.75, 3.05) is 0 Å². The molecule has 0 aliphatic heterocycles. The van der Waals surface area contributed by atoms with Crippen LogP contribution >= 0.6 is 15.9 Å². The van der Waals surface area contributed by atoms with E-state index < -0.39 is 11.7 Å². The summed E-state index contributed by atoms with van der Waals surface area (Å²) < 4.78 is 39.8. The Kier molecular flexibility index (Phi) is 3.24. The molecule has 1 N–H and O–H groups in total. The SMILES string of the molecule is Cc1cnc2nc(-c3ccc(Br)cc3C(F)(F)F)[nH]c2c1. The van der Waals surface area contributed by atoms with E-state index in [1.165, 1.54) is 6.07 Å². The Bertz CT molecular complexity index is 824. The lowest BCUT2D eigenvalue weighted by Gasteiger charge is -2.11. The Morgan fingerprint density at radius 2 is 1.95 bits per heavy atom. The number of aryl methyl sites for hydroxylation is 1. The maximum atomic E-state index is 13.2. The number of aromatic amines is 1. The van der Waals surface area contributed by atoms with Crippen molar-refractivity contribution in [3.63, 3.8) is 0 Å². The van der Waals surface area contributed by atoms with Crippen molar-refractivity contribution in [2.24, 2.45) is 0 Å². The molecule has 0 saturated heterocycles. The highest BCUT2D eigenvalue weighted by molar-refractivity contribution is 9.10. The molecular formula is C14H9BrF3N3. The number of pyridine rings is 1. The third-order valence-electron chi connectivity index (χ3n) is 3.02. The Labute approximate surface area is 126 Å². The maximum Gasteiger partial charge on any atom is 0.417 e. The van der Waals surface area contributed by atoms with Crippen LogP contribution in [0.1, 0.15) is 11.1 Å². The molecule has 1 aromatic carbocycles. The van der Waals surface area contributed by atoms with Crippen LogP contribution in [0.25, 0.3) is 22.6 Å². The summed E-state index contributed by atoms with van der Waals surface area (Å²) in [4.78, 5) is 11.1. The predicted molar refractivity (Wildman–Crippen MR) is 76.8 cm³/mol. The van der Waals surface area contributed by atoms with Gasteiger partial charge in [-0.3, -0.25) is 0 Å². The first-order valence-electron chi connectivity index (χ1n) is 6.04. The molecule has 0 aliphatic carbocycles. The number of hydrogen-bond acceptors (Lipinski definition) is 2. The van der Waals surface area contributed by atoms with E-state index in [-0.39, 0.29) is 11.4 Å². The molecule has 0 spiro atoms. The molecule has 7 heteroatoms. The van der Waals surface area contributed by atoms with Gasteiger partial charge in [-0.1, -0.05) is 15.9 Å². The number of H-pyrrole nitrogens is 1. The van der Waals surface area contributed by atoms with E-state index in [2.05, 4.69) is 30.9 Å². The fraction of sp³-hybridized carbons (Fsp3) is 0.143. The van der Waals surface area contributed by atoms with Crippen molar-refractivity contribution in [1.82, 2.24) is 15.0 Å². The largest absolute Gasteiger partial charge is 0.417 e. The van der Waals surface area contributed by atoms with Crippen molar-refractivity contribution in [3.8, 4) is 11.4 Å². The van der Waals surface area contributed by atoms with Crippen molar-refractivity contribution in [2.45, 2.75) is 13.1 Å². The van der Waals surface area contributed by atoms with Crippen LogP contribution < -0.4 is 0 Å². The number of halogens is 4. The molecule has 21 heavy (non-hydrogen) atoms. The summed E-state index contributed by atoms with van der Waals surface area (Å²) in [6.45, 7) is 1.85. The first-order valence-corrected chi connectivity index (χ1v) is 6.83. The van der Waals surface area contributed by atoms with Crippen molar-refractivity contribution in [1.29, 1.82) is 0 Å². The van der Waals surface area contributed by atoms with Crippen molar-refractivity contribution in [3.05, 3.63) is 46.1 Å². The van der Waals surface area contributed by atoms with Crippen LogP contribution in [-0.2, 0) is 6.18 Å². The molecule has 0 amide bonds. The molecule has 0 saturated carbocycles. The molecule has 108 valence electrons. The van der Waals surface area contributed by atoms with E-state index in [0.29, 0.717) is 15.6 Å². The fourth-order valence-corrected chi connectivity index (χ4v) is 2.45. The van der Waals surface area contributed by atoms with Crippen molar-refractivity contribution < 1.29 is 13.2 Å². The quantitative estimate of drug-likeness (QED) is 0.686. The molecule has 0 unspecified atom stereocenters. The zero-order valence-corrected chi connectivity index (χ0v) is 12.4. The fourth-order valence-electron chi connectivity index (χ4n) is 2.09. The van der Waals surface area contributed by atoms with E-state index in [0.717, 1.165) is 11.6 Å². The lowest BCUT2D eigenvalue weighted by molar-refractivity contribution is -0.137. The molecule has 3 aromatic rings. The molecular weight excluding hydrogens is 347 g/mol. The van der Waals surface area contributed by atoms with Gasteiger partial charge < -0.3 is 4.98 Å². The van der Waals surface area contributed by atoms with Crippen LogP contribution in [0.4, 0.5) is 13.2 Å². The monoisotopic (exact) mass is 355 g/mol. The summed E-state index contributed by atoms with van der Waals surface area (Å²) in [5.74, 6) is 0.155. The van der Waals surface area contributed by atoms with Crippen LogP contribution in [0.3, 0.4) is 0 Å². The molecule has 3 nitrogen and oxygen atoms in total. The highest BCUT2D eigenvalue weighted by Gasteiger charge is 2.34. The third-order valence-corrected chi connectivity index (χ3v) is 3.51. The van der Waals surface area contributed by atoms with Gasteiger partial charge in [0.2, 0.25) is 0 Å². The van der Waals surface area contributed by atoms with Crippen LogP contribution in [-0.4, -0.2) is 15.0 Å². The average molecular weight is 356 g/mol. The number of hydrogen-bond donors (Lipinski definition) is 1. The summed E-state index contributed by atoms with van der Waals surface area (Å²) in [5, 5.41) is 0. The van der Waals surface area contributed by atoms with Crippen LogP contribution in [0, 0.1) is 6.92 Å². The van der Waals surface area contributed by atoms with Gasteiger partial charge in [0.05, 0.1) is 11.1 Å². The van der Waals surface area contributed by atoms with E-state index in [9.17, 15) is 13.2 Å². The third kappa shape index (κ3) is 2.65. The first-order chi connectivity index (χ1) is 9.84. The smallest absolute Gasteiger partial charge is 0.337 e. The van der Waals surface area contributed by atoms with Gasteiger partial charge in [0.15, 0.2) is 5.65 Å². The lowest BCUT2D eigenvalue weighted by atomic mass is 10.1. The number of nitrogens with zero attached hydrogens (tertiary/aromatic N) is 2. The minimum atomic E-state index is -4.46. The van der Waals surface area contributed by atoms with Gasteiger partial charge in [-0.05, 0) is 36.8 Å². The molecule has 0 radical (unpaired) electrons. The molecule has 0 fully saturated rings. The van der Waals surface area contributed by atoms with Gasteiger partial charge in [-0.15, -0.1) is 0 Å². The standard InChI is InChI=1S/C14H9BrF3N3/c1-7-4-11-13(19-6-7)21-12(20-11)9-3-2-8(15)5-10(9)14(16,17)18/h2-6H,1H3,(H,19,20,21). The predicted octanol–water partition coefficient (Wildman–Crippen LogP) is 4.71. The summed E-state index contributed by atoms with van der Waals surface area (Å²) in [6.07, 6.45) is -2.83. The number of aromatic nitrogens is 3. The number of fused-ring (bicyclic) bond motifs is 1. The van der Waals surface area contributed by atoms with Gasteiger partial charge in [-0.25, -0.2) is 9.97 Å². The van der Waals surface area contributed by atoms with Crippen LogP contribution in [0.15, 0.2) is 34.9 Å². The second-order valence-electron chi connectivity index (χ2n) is 4.66. The topological polar surface area (TPSA) is 41.6 Å². The summed E-state index contributed by atoms with van der Waals surface area (Å²) in [5.41, 5.74) is 1.17. The van der Waals surface area contributed by atoms with E-state index in [4.69, 9.17) is 0 Å². The normalized spacial score (nSPS) is 12.0. The van der Waals surface area contributed by atoms with Gasteiger partial charge in [0.25, 0.3) is 0 Å². The highest BCUT2D eigenvalue weighted by Crippen LogP contribution is 2.38. The Hall–Kier alpha value is -1.89. The zero-order chi connectivity index (χ0) is 15.2. The van der Waals surface area contributed by atoms with Crippen molar-refractivity contribution >= 4 is 27.1 Å². The van der Waals surface area contributed by atoms with Gasteiger partial charge in [0.1, 0.15) is 5.82 Å². The van der Waals surface area contributed by atoms with Crippen LogP contribution in [0.2, 0.25) is 0 Å². The maximum absolute atomic E-state index is 13.2. The van der Waals surface area contributed by atoms with E-state index in [1.54, 1.807) is 18.3 Å². The lowest BCUT2D eigenvalue weighted by Crippen LogP contribution is -2.07. The average Bonchev–Trinajstić information content (AvgIpc) is 2.80. The number of nitrogens with one attached hydrogen (secondary N) is 1. The molecule has 0 bridgehead atoms. The Balaban J connectivity index is 2.22. The summed E-state index contributed by atoms with van der Waals surface area (Å²) >= 11 is 3.06. The Morgan fingerprint density at radius 1 is 1.19 bits per heavy atom. The van der Waals surface area contributed by atoms with Gasteiger partial charge in [0, 0.05) is 16.2 Å². The van der Waals surface area contributed by atoms with E-state index in [1.807, 2.05) is 6.92 Å². The van der Waals surface area contributed by atoms with Gasteiger partial charge in [-0.2, -0.15) is 13.2 Å². The second-order valence-corrected chi connectivity index (χ2v) is 5.57. The minimum Gasteiger partial charge on any atom is -0.337 e. The first kappa shape index (κ1) is 14.1. The number of benzene rings is 1. The van der Waals surface area contributed by atoms with Crippen LogP contribution in [0.5, 0.6) is 0 Å². The highest BCUT2D eigenvalue weighted by atomic mass is 79.9. The van der Waals surface area contributed by atoms with Gasteiger partial charge >= 0.3 is 6.18 Å². The second kappa shape index (κ2) is 4.84. The number of alkyl halides is 3.